The standard InChI is InChI=1S/C6H11N4O2/c1-10-3-4(12-6(10)11)2-9-5(7)8/h4H,2-3H2,1H3,(H3-,7,8,9)/q-1/t4-/m0/s1. The van der Waals surface area contributed by atoms with E-state index in [4.69, 9.17) is 15.9 Å². The molecular formula is C6H11N4O2-. The number of hydrogen-bond donors (Lipinski definition) is 2. The maximum absolute atomic E-state index is 10.8. The van der Waals surface area contributed by atoms with Crippen molar-refractivity contribution in [3.63, 3.8) is 0 Å². The summed E-state index contributed by atoms with van der Waals surface area (Å²) >= 11 is 0. The van der Waals surface area contributed by atoms with Crippen LogP contribution in [-0.4, -0.2) is 43.2 Å². The second-order valence-electron chi connectivity index (χ2n) is 2.61. The van der Waals surface area contributed by atoms with E-state index in [0.29, 0.717) is 6.54 Å². The lowest BCUT2D eigenvalue weighted by Crippen LogP contribution is -2.22. The zero-order chi connectivity index (χ0) is 9.14. The van der Waals surface area contributed by atoms with Gasteiger partial charge in [0.05, 0.1) is 6.54 Å². The summed E-state index contributed by atoms with van der Waals surface area (Å²) in [6.45, 7) is 0.779. The topological polar surface area (TPSA) is 93.5 Å². The Morgan fingerprint density at radius 2 is 2.67 bits per heavy atom. The van der Waals surface area contributed by atoms with Gasteiger partial charge in [0.25, 0.3) is 0 Å². The van der Waals surface area contributed by atoms with Crippen LogP contribution in [0.15, 0.2) is 0 Å². The van der Waals surface area contributed by atoms with Gasteiger partial charge in [0.2, 0.25) is 0 Å². The lowest BCUT2D eigenvalue weighted by molar-refractivity contribution is 0.139. The number of nitrogens with one attached hydrogen (secondary N) is 1. The van der Waals surface area contributed by atoms with Crippen LogP contribution in [0.1, 0.15) is 0 Å². The lowest BCUT2D eigenvalue weighted by Gasteiger charge is -2.12. The molecule has 6 heteroatoms. The summed E-state index contributed by atoms with van der Waals surface area (Å²) in [6, 6.07) is 0. The number of nitrogens with zero attached hydrogens (tertiary/aromatic N) is 2. The highest BCUT2D eigenvalue weighted by atomic mass is 16.6. The number of carbonyl (C=O) groups excluding carboxylic acids is 1. The summed E-state index contributed by atoms with van der Waals surface area (Å²) in [7, 11) is 1.65. The van der Waals surface area contributed by atoms with Crippen molar-refractivity contribution in [3.8, 4) is 0 Å². The van der Waals surface area contributed by atoms with Gasteiger partial charge in [-0.15, -0.1) is 0 Å². The SMILES string of the molecule is CN1C[C@H](C[N-]C(=N)N)OC1=O. The van der Waals surface area contributed by atoms with Crippen molar-refractivity contribution >= 4 is 12.1 Å². The third kappa shape index (κ3) is 2.01. The fourth-order valence-corrected chi connectivity index (χ4v) is 0.945. The fraction of sp³-hybridized carbons (Fsp3) is 0.667. The fourth-order valence-electron chi connectivity index (χ4n) is 0.945. The number of carbonyl (C=O) groups is 1. The van der Waals surface area contributed by atoms with Gasteiger partial charge in [0, 0.05) is 19.6 Å². The third-order valence-corrected chi connectivity index (χ3v) is 1.52. The first-order valence-electron chi connectivity index (χ1n) is 3.53. The quantitative estimate of drug-likeness (QED) is 0.441. The average Bonchev–Trinajstić information content (AvgIpc) is 2.28. The highest BCUT2D eigenvalue weighted by Crippen LogP contribution is 2.09. The summed E-state index contributed by atoms with van der Waals surface area (Å²) in [6.07, 6.45) is -0.606. The molecule has 0 saturated carbocycles. The van der Waals surface area contributed by atoms with Crippen LogP contribution in [0.3, 0.4) is 0 Å². The van der Waals surface area contributed by atoms with Crippen molar-refractivity contribution in [2.24, 2.45) is 5.73 Å². The Balaban J connectivity index is 2.28. The zero-order valence-electron chi connectivity index (χ0n) is 6.78. The van der Waals surface area contributed by atoms with Gasteiger partial charge in [0.15, 0.2) is 0 Å². The second-order valence-corrected chi connectivity index (χ2v) is 2.61. The molecule has 1 aliphatic rings. The van der Waals surface area contributed by atoms with Crippen LogP contribution >= 0.6 is 0 Å². The van der Waals surface area contributed by atoms with Crippen LogP contribution < -0.4 is 5.73 Å². The third-order valence-electron chi connectivity index (χ3n) is 1.52. The van der Waals surface area contributed by atoms with Gasteiger partial charge in [-0.2, -0.15) is 0 Å². The molecule has 1 atom stereocenters. The summed E-state index contributed by atoms with van der Waals surface area (Å²) in [4.78, 5) is 12.3. The summed E-state index contributed by atoms with van der Waals surface area (Å²) in [5.74, 6) is -0.236. The smallest absolute Gasteiger partial charge is 0.409 e. The minimum absolute atomic E-state index is 0.236. The number of cyclic esters (lactones) is 1. The van der Waals surface area contributed by atoms with Crippen LogP contribution in [0, 0.1) is 5.41 Å². The Bertz CT molecular complexity index is 206. The molecule has 68 valence electrons. The Morgan fingerprint density at radius 3 is 3.08 bits per heavy atom. The van der Waals surface area contributed by atoms with Crippen molar-refractivity contribution < 1.29 is 9.53 Å². The van der Waals surface area contributed by atoms with Crippen LogP contribution in [0.4, 0.5) is 4.79 Å². The van der Waals surface area contributed by atoms with E-state index in [-0.39, 0.29) is 24.7 Å². The molecule has 1 aliphatic heterocycles. The van der Waals surface area contributed by atoms with E-state index in [0.717, 1.165) is 0 Å². The number of guanidine groups is 1. The van der Waals surface area contributed by atoms with Gasteiger partial charge >= 0.3 is 6.09 Å². The van der Waals surface area contributed by atoms with E-state index in [1.807, 2.05) is 0 Å². The average molecular weight is 171 g/mol. The minimum atomic E-state index is -0.348. The molecule has 0 unspecified atom stereocenters. The van der Waals surface area contributed by atoms with E-state index < -0.39 is 0 Å². The van der Waals surface area contributed by atoms with Gasteiger partial charge in [0.1, 0.15) is 6.10 Å². The number of rotatable bonds is 2. The van der Waals surface area contributed by atoms with E-state index in [1.54, 1.807) is 7.05 Å². The number of likely N-dealkylation sites (N-methyl/N-ethyl adjacent to an activating group) is 1. The van der Waals surface area contributed by atoms with Gasteiger partial charge in [-0.25, -0.2) is 4.79 Å². The molecular weight excluding hydrogens is 160 g/mol. The van der Waals surface area contributed by atoms with Crippen molar-refractivity contribution in [1.82, 2.24) is 4.90 Å². The molecule has 1 fully saturated rings. The van der Waals surface area contributed by atoms with Crippen LogP contribution in [0.5, 0.6) is 0 Å². The molecule has 6 nitrogen and oxygen atoms in total. The van der Waals surface area contributed by atoms with E-state index in [1.165, 1.54) is 4.90 Å². The molecule has 0 aromatic heterocycles. The maximum atomic E-state index is 10.8. The second kappa shape index (κ2) is 3.29. The van der Waals surface area contributed by atoms with Crippen molar-refractivity contribution in [3.05, 3.63) is 5.32 Å². The van der Waals surface area contributed by atoms with Crippen LogP contribution in [0.2, 0.25) is 0 Å². The summed E-state index contributed by atoms with van der Waals surface area (Å²) in [5, 5.41) is 10.4. The molecule has 1 amide bonds. The molecule has 3 N–H and O–H groups in total. The highest BCUT2D eigenvalue weighted by molar-refractivity contribution is 5.87. The lowest BCUT2D eigenvalue weighted by atomic mass is 10.3. The number of ether oxygens (including phenoxy) is 1. The Morgan fingerprint density at radius 1 is 2.00 bits per heavy atom. The molecule has 1 heterocycles. The van der Waals surface area contributed by atoms with Gasteiger partial charge in [-0.05, 0) is 0 Å². The Kier molecular flexibility index (Phi) is 2.37. The molecule has 1 saturated heterocycles. The monoisotopic (exact) mass is 171 g/mol. The van der Waals surface area contributed by atoms with Crippen molar-refractivity contribution in [2.75, 3.05) is 20.1 Å². The number of nitrogens with two attached hydrogens (primary N) is 1. The molecule has 0 aromatic carbocycles. The molecule has 0 aliphatic carbocycles. The molecule has 0 spiro atoms. The first-order valence-corrected chi connectivity index (χ1v) is 3.53. The highest BCUT2D eigenvalue weighted by Gasteiger charge is 2.26. The molecule has 0 bridgehead atoms. The molecule has 1 rings (SSSR count). The predicted molar refractivity (Wildman–Crippen MR) is 43.0 cm³/mol. The minimum Gasteiger partial charge on any atom is -0.454 e. The number of amides is 1. The van der Waals surface area contributed by atoms with Gasteiger partial charge in [-0.1, -0.05) is 0 Å². The largest absolute Gasteiger partial charge is 0.454 e. The maximum Gasteiger partial charge on any atom is 0.409 e. The van der Waals surface area contributed by atoms with Crippen LogP contribution in [-0.2, 0) is 4.74 Å². The predicted octanol–water partition coefficient (Wildman–Crippen LogP) is -0.296. The molecule has 0 aromatic rings. The van der Waals surface area contributed by atoms with Gasteiger partial charge in [-0.3, -0.25) is 0 Å². The molecule has 0 radical (unpaired) electrons. The first kappa shape index (κ1) is 8.63. The van der Waals surface area contributed by atoms with Crippen molar-refractivity contribution in [2.45, 2.75) is 6.10 Å². The van der Waals surface area contributed by atoms with E-state index in [9.17, 15) is 4.79 Å². The summed E-state index contributed by atoms with van der Waals surface area (Å²) < 4.78 is 4.86. The first-order chi connectivity index (χ1) is 5.59. The zero-order valence-corrected chi connectivity index (χ0v) is 6.78. The normalized spacial score (nSPS) is 22.2. The van der Waals surface area contributed by atoms with E-state index in [2.05, 4.69) is 5.32 Å². The Hall–Kier alpha value is -1.46. The van der Waals surface area contributed by atoms with Crippen molar-refractivity contribution in [1.29, 1.82) is 5.41 Å². The molecule has 12 heavy (non-hydrogen) atoms. The number of hydrogen-bond acceptors (Lipinski definition) is 3. The Labute approximate surface area is 70.2 Å². The summed E-state index contributed by atoms with van der Waals surface area (Å²) in [5.41, 5.74) is 5.00. The van der Waals surface area contributed by atoms with Crippen LogP contribution in [0.25, 0.3) is 5.32 Å². The van der Waals surface area contributed by atoms with E-state index >= 15 is 0 Å². The van der Waals surface area contributed by atoms with Gasteiger partial charge < -0.3 is 26.1 Å².